The molecule has 2 saturated heterocycles. The van der Waals surface area contributed by atoms with Gasteiger partial charge in [0.1, 0.15) is 5.65 Å². The van der Waals surface area contributed by atoms with Crippen molar-refractivity contribution in [3.63, 3.8) is 0 Å². The standard InChI is InChI=1S/C30H37N5O3/c1-20-6-2-5-9-25(20)26-17-22-18-31-30(33-28(22)35(29(26)37)24-11-14-38-15-12-24)32-23-10-13-34(19-23)27(36)16-21-7-3-4-8-21/h2,5-6,9,17-18,21,23-24H,3-4,7-8,10-16,19H2,1H3,(H,31,32,33)/t23-/m0/s1. The highest BCUT2D eigenvalue weighted by Crippen LogP contribution is 2.30. The predicted octanol–water partition coefficient (Wildman–Crippen LogP) is 4.71. The van der Waals surface area contributed by atoms with Gasteiger partial charge in [-0.3, -0.25) is 14.2 Å². The highest BCUT2D eigenvalue weighted by molar-refractivity contribution is 5.82. The number of nitrogens with zero attached hydrogens (tertiary/aromatic N) is 4. The van der Waals surface area contributed by atoms with Gasteiger partial charge < -0.3 is 15.0 Å². The Morgan fingerprint density at radius 2 is 1.87 bits per heavy atom. The summed E-state index contributed by atoms with van der Waals surface area (Å²) in [4.78, 5) is 38.3. The van der Waals surface area contributed by atoms with Crippen LogP contribution in [0.15, 0.2) is 41.3 Å². The number of likely N-dealkylation sites (tertiary alicyclic amines) is 1. The Balaban J connectivity index is 1.28. The smallest absolute Gasteiger partial charge is 0.260 e. The molecule has 3 fully saturated rings. The summed E-state index contributed by atoms with van der Waals surface area (Å²) >= 11 is 0. The number of rotatable bonds is 6. The lowest BCUT2D eigenvalue weighted by Gasteiger charge is -2.26. The Morgan fingerprint density at radius 1 is 1.08 bits per heavy atom. The minimum Gasteiger partial charge on any atom is -0.381 e. The van der Waals surface area contributed by atoms with Gasteiger partial charge in [0.15, 0.2) is 0 Å². The van der Waals surface area contributed by atoms with Crippen LogP contribution in [-0.4, -0.2) is 57.7 Å². The van der Waals surface area contributed by atoms with E-state index in [0.717, 1.165) is 42.3 Å². The van der Waals surface area contributed by atoms with Crippen molar-refractivity contribution in [2.75, 3.05) is 31.6 Å². The topological polar surface area (TPSA) is 89.3 Å². The largest absolute Gasteiger partial charge is 0.381 e. The fourth-order valence-electron chi connectivity index (χ4n) is 6.42. The lowest BCUT2D eigenvalue weighted by atomic mass is 10.00. The number of carbonyl (C=O) groups is 1. The van der Waals surface area contributed by atoms with Crippen LogP contribution in [0.5, 0.6) is 0 Å². The summed E-state index contributed by atoms with van der Waals surface area (Å²) in [7, 11) is 0. The van der Waals surface area contributed by atoms with E-state index in [0.29, 0.717) is 49.3 Å². The van der Waals surface area contributed by atoms with Gasteiger partial charge >= 0.3 is 0 Å². The first-order valence-electron chi connectivity index (χ1n) is 14.2. The first kappa shape index (κ1) is 25.0. The van der Waals surface area contributed by atoms with E-state index in [1.807, 2.05) is 52.9 Å². The number of carbonyl (C=O) groups excluding carboxylic acids is 1. The van der Waals surface area contributed by atoms with Gasteiger partial charge in [0, 0.05) is 62.0 Å². The lowest BCUT2D eigenvalue weighted by molar-refractivity contribution is -0.131. The van der Waals surface area contributed by atoms with Crippen LogP contribution in [0.4, 0.5) is 5.95 Å². The maximum Gasteiger partial charge on any atom is 0.260 e. The fourth-order valence-corrected chi connectivity index (χ4v) is 6.42. The number of nitrogens with one attached hydrogen (secondary N) is 1. The Kier molecular flexibility index (Phi) is 7.15. The highest BCUT2D eigenvalue weighted by Gasteiger charge is 2.29. The van der Waals surface area contributed by atoms with E-state index in [-0.39, 0.29) is 23.6 Å². The Bertz CT molecular complexity index is 1370. The molecular weight excluding hydrogens is 478 g/mol. The molecule has 0 radical (unpaired) electrons. The highest BCUT2D eigenvalue weighted by atomic mass is 16.5. The number of ether oxygens (including phenoxy) is 1. The molecule has 200 valence electrons. The summed E-state index contributed by atoms with van der Waals surface area (Å²) in [6.45, 7) is 4.74. The fraction of sp³-hybridized carbons (Fsp3) is 0.533. The molecule has 3 aromatic rings. The van der Waals surface area contributed by atoms with Gasteiger partial charge in [-0.05, 0) is 62.1 Å². The van der Waals surface area contributed by atoms with Crippen LogP contribution in [0.2, 0.25) is 0 Å². The van der Waals surface area contributed by atoms with E-state index < -0.39 is 0 Å². The summed E-state index contributed by atoms with van der Waals surface area (Å²) in [5.74, 6) is 1.35. The maximum atomic E-state index is 13.9. The molecule has 6 rings (SSSR count). The summed E-state index contributed by atoms with van der Waals surface area (Å²) in [5, 5.41) is 4.31. The second kappa shape index (κ2) is 10.8. The Labute approximate surface area is 223 Å². The van der Waals surface area contributed by atoms with Gasteiger partial charge in [-0.2, -0.15) is 4.98 Å². The number of hydrogen-bond donors (Lipinski definition) is 1. The van der Waals surface area contributed by atoms with Crippen LogP contribution in [0, 0.1) is 12.8 Å². The van der Waals surface area contributed by atoms with Gasteiger partial charge in [0.2, 0.25) is 11.9 Å². The Morgan fingerprint density at radius 3 is 2.66 bits per heavy atom. The lowest BCUT2D eigenvalue weighted by Crippen LogP contribution is -2.33. The predicted molar refractivity (Wildman–Crippen MR) is 148 cm³/mol. The van der Waals surface area contributed by atoms with Crippen molar-refractivity contribution in [2.24, 2.45) is 5.92 Å². The molecule has 0 bridgehead atoms. The second-order valence-electron chi connectivity index (χ2n) is 11.2. The van der Waals surface area contributed by atoms with E-state index in [1.54, 1.807) is 0 Å². The normalized spacial score (nSPS) is 20.9. The number of aryl methyl sites for hydroxylation is 1. The van der Waals surface area contributed by atoms with Crippen molar-refractivity contribution >= 4 is 22.9 Å². The first-order chi connectivity index (χ1) is 18.6. The molecule has 8 heteroatoms. The summed E-state index contributed by atoms with van der Waals surface area (Å²) in [5.41, 5.74) is 3.32. The molecule has 8 nitrogen and oxygen atoms in total. The third-order valence-corrected chi connectivity index (χ3v) is 8.58. The molecule has 1 amide bonds. The van der Waals surface area contributed by atoms with Gasteiger partial charge in [-0.1, -0.05) is 37.1 Å². The van der Waals surface area contributed by atoms with Gasteiger partial charge in [0.05, 0.1) is 0 Å². The zero-order valence-corrected chi connectivity index (χ0v) is 22.2. The van der Waals surface area contributed by atoms with Crippen LogP contribution in [0.25, 0.3) is 22.2 Å². The molecule has 1 aliphatic carbocycles. The van der Waals surface area contributed by atoms with Crippen LogP contribution in [0.1, 0.15) is 63.0 Å². The average molecular weight is 516 g/mol. The number of pyridine rings is 1. The number of benzene rings is 1. The number of amides is 1. The van der Waals surface area contributed by atoms with Crippen molar-refractivity contribution in [1.29, 1.82) is 0 Å². The van der Waals surface area contributed by atoms with Crippen molar-refractivity contribution in [3.8, 4) is 11.1 Å². The molecule has 1 saturated carbocycles. The van der Waals surface area contributed by atoms with Gasteiger partial charge in [0.25, 0.3) is 5.56 Å². The second-order valence-corrected chi connectivity index (χ2v) is 11.2. The third kappa shape index (κ3) is 5.06. The monoisotopic (exact) mass is 515 g/mol. The van der Waals surface area contributed by atoms with Crippen LogP contribution in [0.3, 0.4) is 0 Å². The minimum atomic E-state index is -0.0205. The van der Waals surface area contributed by atoms with Crippen molar-refractivity contribution in [3.05, 3.63) is 52.4 Å². The van der Waals surface area contributed by atoms with Crippen LogP contribution < -0.4 is 10.9 Å². The minimum absolute atomic E-state index is 0.0205. The summed E-state index contributed by atoms with van der Waals surface area (Å²) in [6.07, 6.45) is 9.81. The maximum absolute atomic E-state index is 13.9. The SMILES string of the molecule is Cc1ccccc1-c1cc2cnc(N[C@H]3CCN(C(=O)CC4CCCC4)C3)nc2n(C2CCOCC2)c1=O. The molecule has 0 spiro atoms. The molecular formula is C30H37N5O3. The average Bonchev–Trinajstić information content (AvgIpc) is 3.62. The van der Waals surface area contributed by atoms with E-state index in [4.69, 9.17) is 9.72 Å². The molecule has 4 heterocycles. The van der Waals surface area contributed by atoms with Gasteiger partial charge in [-0.15, -0.1) is 0 Å². The number of anilines is 1. The molecule has 1 atom stereocenters. The zero-order valence-electron chi connectivity index (χ0n) is 22.2. The van der Waals surface area contributed by atoms with Crippen LogP contribution in [-0.2, 0) is 9.53 Å². The molecule has 1 aromatic carbocycles. The third-order valence-electron chi connectivity index (χ3n) is 8.58. The first-order valence-corrected chi connectivity index (χ1v) is 14.2. The molecule has 2 aromatic heterocycles. The molecule has 2 aliphatic heterocycles. The molecule has 38 heavy (non-hydrogen) atoms. The van der Waals surface area contributed by atoms with Crippen LogP contribution >= 0.6 is 0 Å². The zero-order chi connectivity index (χ0) is 26.1. The van der Waals surface area contributed by atoms with E-state index in [1.165, 1.54) is 25.7 Å². The molecule has 1 N–H and O–H groups in total. The number of hydrogen-bond acceptors (Lipinski definition) is 6. The van der Waals surface area contributed by atoms with Crippen molar-refractivity contribution in [1.82, 2.24) is 19.4 Å². The summed E-state index contributed by atoms with van der Waals surface area (Å²) in [6, 6.07) is 10.1. The van der Waals surface area contributed by atoms with E-state index >= 15 is 0 Å². The quantitative estimate of drug-likeness (QED) is 0.511. The van der Waals surface area contributed by atoms with Gasteiger partial charge in [-0.25, -0.2) is 4.98 Å². The number of fused-ring (bicyclic) bond motifs is 1. The van der Waals surface area contributed by atoms with E-state index in [9.17, 15) is 9.59 Å². The summed E-state index contributed by atoms with van der Waals surface area (Å²) < 4.78 is 7.47. The van der Waals surface area contributed by atoms with E-state index in [2.05, 4.69) is 10.3 Å². The molecule has 3 aliphatic rings. The number of aromatic nitrogens is 3. The Hall–Kier alpha value is -3.26. The van der Waals surface area contributed by atoms with Crippen molar-refractivity contribution < 1.29 is 9.53 Å². The van der Waals surface area contributed by atoms with Crippen molar-refractivity contribution in [2.45, 2.75) is 70.4 Å². The molecule has 0 unspecified atom stereocenters.